The molecule has 1 aromatic carbocycles. The zero-order chi connectivity index (χ0) is 20.8. The van der Waals surface area contributed by atoms with Gasteiger partial charge in [0.2, 0.25) is 11.8 Å². The monoisotopic (exact) mass is 402 g/mol. The Morgan fingerprint density at radius 1 is 1.14 bits per heavy atom. The quantitative estimate of drug-likeness (QED) is 0.247. The van der Waals surface area contributed by atoms with Crippen molar-refractivity contribution < 1.29 is 19.9 Å². The van der Waals surface area contributed by atoms with Gasteiger partial charge in [0.15, 0.2) is 5.84 Å². The van der Waals surface area contributed by atoms with Gasteiger partial charge in [0.1, 0.15) is 6.04 Å². The standard InChI is InChI=1S/C21H30N4O4/c22-20(24-29)15-9-7-14(8-10-15)13-23-21(28)17-5-3-11-25(17)19(27)12-16-4-1-2-6-18(16)26/h7-10,16-18,26,29H,1-6,11-13H2,(H2,22,24)(H,23,28)/t16-,17+,18?/m1/s1. The minimum Gasteiger partial charge on any atom is -0.409 e. The Bertz CT molecular complexity index is 750. The summed E-state index contributed by atoms with van der Waals surface area (Å²) in [5, 5.41) is 24.7. The van der Waals surface area contributed by atoms with E-state index in [1.807, 2.05) is 0 Å². The van der Waals surface area contributed by atoms with Crippen molar-refractivity contribution in [2.75, 3.05) is 6.54 Å². The van der Waals surface area contributed by atoms with Crippen molar-refractivity contribution >= 4 is 17.6 Å². The topological polar surface area (TPSA) is 128 Å². The molecule has 8 heteroatoms. The Kier molecular flexibility index (Phi) is 7.09. The maximum Gasteiger partial charge on any atom is 0.243 e. The van der Waals surface area contributed by atoms with Crippen molar-refractivity contribution in [3.63, 3.8) is 0 Å². The van der Waals surface area contributed by atoms with Crippen molar-refractivity contribution in [1.29, 1.82) is 0 Å². The number of carbonyl (C=O) groups is 2. The summed E-state index contributed by atoms with van der Waals surface area (Å²) in [5.41, 5.74) is 7.03. The van der Waals surface area contributed by atoms with Crippen LogP contribution in [0.5, 0.6) is 0 Å². The molecule has 2 aliphatic rings. The van der Waals surface area contributed by atoms with Crippen LogP contribution in [0.25, 0.3) is 0 Å². The number of amidine groups is 1. The number of hydrogen-bond donors (Lipinski definition) is 4. The van der Waals surface area contributed by atoms with E-state index < -0.39 is 12.1 Å². The number of benzene rings is 1. The van der Waals surface area contributed by atoms with Crippen LogP contribution < -0.4 is 11.1 Å². The molecule has 3 rings (SSSR count). The second kappa shape index (κ2) is 9.73. The van der Waals surface area contributed by atoms with E-state index in [0.29, 0.717) is 31.5 Å². The molecule has 5 N–H and O–H groups in total. The van der Waals surface area contributed by atoms with Crippen molar-refractivity contribution in [3.05, 3.63) is 35.4 Å². The molecule has 1 saturated heterocycles. The third kappa shape index (κ3) is 5.26. The third-order valence-electron chi connectivity index (χ3n) is 6.01. The SMILES string of the molecule is NC(=NO)c1ccc(CNC(=O)[C@@H]2CCCN2C(=O)C[C@H]2CCCCC2O)cc1. The van der Waals surface area contributed by atoms with Gasteiger partial charge in [-0.3, -0.25) is 9.59 Å². The molecule has 1 unspecified atom stereocenters. The maximum absolute atomic E-state index is 12.8. The lowest BCUT2D eigenvalue weighted by Crippen LogP contribution is -2.46. The smallest absolute Gasteiger partial charge is 0.243 e. The highest BCUT2D eigenvalue weighted by Crippen LogP contribution is 2.29. The number of rotatable bonds is 6. The summed E-state index contributed by atoms with van der Waals surface area (Å²) in [6.45, 7) is 0.934. The number of amides is 2. The predicted octanol–water partition coefficient (Wildman–Crippen LogP) is 1.33. The van der Waals surface area contributed by atoms with Gasteiger partial charge in [-0.05, 0) is 37.2 Å². The molecule has 1 heterocycles. The Hall–Kier alpha value is -2.61. The number of aliphatic hydroxyl groups is 1. The van der Waals surface area contributed by atoms with Crippen LogP contribution in [-0.4, -0.2) is 51.6 Å². The van der Waals surface area contributed by atoms with Gasteiger partial charge in [0.05, 0.1) is 6.10 Å². The first-order valence-electron chi connectivity index (χ1n) is 10.3. The second-order valence-corrected chi connectivity index (χ2v) is 7.96. The van der Waals surface area contributed by atoms with Gasteiger partial charge in [-0.15, -0.1) is 0 Å². The molecule has 0 spiro atoms. The van der Waals surface area contributed by atoms with E-state index in [9.17, 15) is 14.7 Å². The van der Waals surface area contributed by atoms with Crippen molar-refractivity contribution in [3.8, 4) is 0 Å². The van der Waals surface area contributed by atoms with Crippen LogP contribution in [0.4, 0.5) is 0 Å². The fourth-order valence-electron chi connectivity index (χ4n) is 4.26. The molecule has 1 aromatic rings. The zero-order valence-corrected chi connectivity index (χ0v) is 16.6. The Balaban J connectivity index is 1.53. The molecule has 0 bridgehead atoms. The summed E-state index contributed by atoms with van der Waals surface area (Å²) in [6.07, 6.45) is 5.08. The summed E-state index contributed by atoms with van der Waals surface area (Å²) in [5.74, 6) is -0.143. The molecule has 2 amide bonds. The summed E-state index contributed by atoms with van der Waals surface area (Å²) in [4.78, 5) is 27.1. The lowest BCUT2D eigenvalue weighted by Gasteiger charge is -2.30. The van der Waals surface area contributed by atoms with Gasteiger partial charge < -0.3 is 26.3 Å². The van der Waals surface area contributed by atoms with Crippen molar-refractivity contribution in [1.82, 2.24) is 10.2 Å². The van der Waals surface area contributed by atoms with E-state index in [1.54, 1.807) is 29.2 Å². The van der Waals surface area contributed by atoms with E-state index in [-0.39, 0.29) is 23.6 Å². The van der Waals surface area contributed by atoms with Crippen LogP contribution in [0, 0.1) is 5.92 Å². The number of nitrogens with two attached hydrogens (primary N) is 1. The first-order valence-corrected chi connectivity index (χ1v) is 10.3. The number of hydrogen-bond acceptors (Lipinski definition) is 5. The number of oxime groups is 1. The van der Waals surface area contributed by atoms with E-state index in [2.05, 4.69) is 10.5 Å². The molecule has 29 heavy (non-hydrogen) atoms. The highest BCUT2D eigenvalue weighted by molar-refractivity contribution is 5.97. The first kappa shape index (κ1) is 21.1. The summed E-state index contributed by atoms with van der Waals surface area (Å²) >= 11 is 0. The normalized spacial score (nSPS) is 25.1. The van der Waals surface area contributed by atoms with Gasteiger partial charge in [-0.2, -0.15) is 0 Å². The molecular formula is C21H30N4O4. The second-order valence-electron chi connectivity index (χ2n) is 7.96. The largest absolute Gasteiger partial charge is 0.409 e. The molecule has 3 atom stereocenters. The van der Waals surface area contributed by atoms with Gasteiger partial charge in [-0.1, -0.05) is 42.3 Å². The van der Waals surface area contributed by atoms with Gasteiger partial charge >= 0.3 is 0 Å². The molecule has 0 radical (unpaired) electrons. The number of carbonyl (C=O) groups excluding carboxylic acids is 2. The lowest BCUT2D eigenvalue weighted by atomic mass is 9.84. The molecule has 8 nitrogen and oxygen atoms in total. The fraction of sp³-hybridized carbons (Fsp3) is 0.571. The minimum absolute atomic E-state index is 0.00831. The Morgan fingerprint density at radius 3 is 2.55 bits per heavy atom. The van der Waals surface area contributed by atoms with Crippen LogP contribution in [0.2, 0.25) is 0 Å². The van der Waals surface area contributed by atoms with Crippen LogP contribution in [0.1, 0.15) is 56.1 Å². The summed E-state index contributed by atoms with van der Waals surface area (Å²) < 4.78 is 0. The van der Waals surface area contributed by atoms with Gasteiger partial charge in [-0.25, -0.2) is 0 Å². The fourth-order valence-corrected chi connectivity index (χ4v) is 4.26. The van der Waals surface area contributed by atoms with E-state index in [1.165, 1.54) is 0 Å². The van der Waals surface area contributed by atoms with Crippen LogP contribution in [-0.2, 0) is 16.1 Å². The molecule has 1 saturated carbocycles. The van der Waals surface area contributed by atoms with Crippen molar-refractivity contribution in [2.45, 2.75) is 63.6 Å². The first-order chi connectivity index (χ1) is 14.0. The highest BCUT2D eigenvalue weighted by atomic mass is 16.4. The average Bonchev–Trinajstić information content (AvgIpc) is 3.23. The zero-order valence-electron chi connectivity index (χ0n) is 16.6. The van der Waals surface area contributed by atoms with E-state index >= 15 is 0 Å². The van der Waals surface area contributed by atoms with Crippen LogP contribution >= 0.6 is 0 Å². The molecule has 1 aliphatic heterocycles. The molecular weight excluding hydrogens is 372 g/mol. The third-order valence-corrected chi connectivity index (χ3v) is 6.01. The Labute approximate surface area is 170 Å². The molecule has 0 aromatic heterocycles. The molecule has 1 aliphatic carbocycles. The van der Waals surface area contributed by atoms with E-state index in [4.69, 9.17) is 10.9 Å². The highest BCUT2D eigenvalue weighted by Gasteiger charge is 2.36. The predicted molar refractivity (Wildman–Crippen MR) is 108 cm³/mol. The van der Waals surface area contributed by atoms with Crippen molar-refractivity contribution in [2.24, 2.45) is 16.8 Å². The van der Waals surface area contributed by atoms with E-state index in [0.717, 1.165) is 37.7 Å². The Morgan fingerprint density at radius 2 is 1.86 bits per heavy atom. The number of nitrogens with one attached hydrogen (secondary N) is 1. The molecule has 158 valence electrons. The summed E-state index contributed by atoms with van der Waals surface area (Å²) in [7, 11) is 0. The van der Waals surface area contributed by atoms with Crippen LogP contribution in [0.3, 0.4) is 0 Å². The maximum atomic E-state index is 12.8. The van der Waals surface area contributed by atoms with Gasteiger partial charge in [0, 0.05) is 25.1 Å². The minimum atomic E-state index is -0.445. The lowest BCUT2D eigenvalue weighted by molar-refractivity contribution is -0.140. The van der Waals surface area contributed by atoms with Gasteiger partial charge in [0.25, 0.3) is 0 Å². The van der Waals surface area contributed by atoms with Crippen LogP contribution in [0.15, 0.2) is 29.4 Å². The number of aliphatic hydroxyl groups excluding tert-OH is 1. The number of likely N-dealkylation sites (tertiary alicyclic amines) is 1. The number of nitrogens with zero attached hydrogens (tertiary/aromatic N) is 2. The summed E-state index contributed by atoms with van der Waals surface area (Å²) in [6, 6.07) is 6.60. The average molecular weight is 402 g/mol. The molecule has 2 fully saturated rings.